The molecular weight excluding hydrogens is 139 g/mol. The van der Waals surface area contributed by atoms with Crippen molar-refractivity contribution in [1.82, 2.24) is 0 Å². The van der Waals surface area contributed by atoms with E-state index in [1.54, 1.807) is 0 Å². The standard InChI is InChI=1S/C11H15.Li/c1-11(2,3)9-10-7-5-4-6-8-10;/h4-8H,1,9H2,2-3H3;/q-1;+1. The van der Waals surface area contributed by atoms with Gasteiger partial charge in [-0.15, -0.1) is 0 Å². The third-order valence-electron chi connectivity index (χ3n) is 1.53. The maximum atomic E-state index is 4.07. The molecule has 0 unspecified atom stereocenters. The van der Waals surface area contributed by atoms with Crippen molar-refractivity contribution in [2.75, 3.05) is 0 Å². The van der Waals surface area contributed by atoms with Crippen LogP contribution in [0, 0.1) is 12.3 Å². The SMILES string of the molecule is [CH2-]C(C)(C)Cc1ccccc1.[Li+]. The third-order valence-corrected chi connectivity index (χ3v) is 1.53. The van der Waals surface area contributed by atoms with Gasteiger partial charge in [-0.3, -0.25) is 0 Å². The van der Waals surface area contributed by atoms with Crippen molar-refractivity contribution in [3.05, 3.63) is 42.8 Å². The Morgan fingerprint density at radius 3 is 2.08 bits per heavy atom. The molecule has 0 radical (unpaired) electrons. The summed E-state index contributed by atoms with van der Waals surface area (Å²) in [4.78, 5) is 0. The summed E-state index contributed by atoms with van der Waals surface area (Å²) in [7, 11) is 0. The van der Waals surface area contributed by atoms with Gasteiger partial charge in [0, 0.05) is 0 Å². The van der Waals surface area contributed by atoms with Gasteiger partial charge in [0.1, 0.15) is 0 Å². The van der Waals surface area contributed by atoms with E-state index in [-0.39, 0.29) is 24.3 Å². The van der Waals surface area contributed by atoms with E-state index in [0.717, 1.165) is 6.42 Å². The predicted molar refractivity (Wildman–Crippen MR) is 49.3 cm³/mol. The van der Waals surface area contributed by atoms with E-state index in [0.29, 0.717) is 0 Å². The Hall–Kier alpha value is -0.183. The fraction of sp³-hybridized carbons (Fsp3) is 0.364. The molecule has 0 aliphatic heterocycles. The Kier molecular flexibility index (Phi) is 4.68. The normalized spacial score (nSPS) is 10.6. The second kappa shape index (κ2) is 4.75. The molecule has 0 heterocycles. The fourth-order valence-corrected chi connectivity index (χ4v) is 1.15. The minimum atomic E-state index is 0. The molecule has 1 aromatic rings. The van der Waals surface area contributed by atoms with Crippen LogP contribution in [0.1, 0.15) is 19.4 Å². The van der Waals surface area contributed by atoms with Crippen molar-refractivity contribution in [3.63, 3.8) is 0 Å². The van der Waals surface area contributed by atoms with Gasteiger partial charge in [0.05, 0.1) is 0 Å². The molecule has 0 aliphatic rings. The van der Waals surface area contributed by atoms with Crippen LogP contribution >= 0.6 is 0 Å². The molecule has 0 saturated heterocycles. The Labute approximate surface area is 87.6 Å². The summed E-state index contributed by atoms with van der Waals surface area (Å²) in [6.07, 6.45) is 1.05. The topological polar surface area (TPSA) is 0 Å². The van der Waals surface area contributed by atoms with Crippen LogP contribution in [0.4, 0.5) is 0 Å². The molecule has 0 aliphatic carbocycles. The van der Waals surface area contributed by atoms with Gasteiger partial charge in [-0.25, -0.2) is 0 Å². The smallest absolute Gasteiger partial charge is 0.337 e. The monoisotopic (exact) mass is 154 g/mol. The number of hydrogen-bond acceptors (Lipinski definition) is 0. The number of rotatable bonds is 2. The Bertz CT molecular complexity index is 208. The first-order chi connectivity index (χ1) is 5.08. The zero-order chi connectivity index (χ0) is 8.32. The number of benzene rings is 1. The molecule has 12 heavy (non-hydrogen) atoms. The summed E-state index contributed by atoms with van der Waals surface area (Å²) in [5, 5.41) is 0. The van der Waals surface area contributed by atoms with Crippen LogP contribution in [0.25, 0.3) is 0 Å². The van der Waals surface area contributed by atoms with E-state index in [9.17, 15) is 0 Å². The molecule has 0 saturated carbocycles. The second-order valence-electron chi connectivity index (χ2n) is 3.83. The van der Waals surface area contributed by atoms with Gasteiger partial charge in [-0.05, 0) is 0 Å². The van der Waals surface area contributed by atoms with Crippen molar-refractivity contribution in [1.29, 1.82) is 0 Å². The van der Waals surface area contributed by atoms with E-state index in [1.165, 1.54) is 5.56 Å². The summed E-state index contributed by atoms with van der Waals surface area (Å²) in [5.74, 6) is 0. The van der Waals surface area contributed by atoms with E-state index in [4.69, 9.17) is 0 Å². The minimum Gasteiger partial charge on any atom is -0.337 e. The number of hydrogen-bond donors (Lipinski definition) is 0. The van der Waals surface area contributed by atoms with Crippen LogP contribution < -0.4 is 18.9 Å². The summed E-state index contributed by atoms with van der Waals surface area (Å²) in [6.45, 7) is 8.37. The maximum Gasteiger partial charge on any atom is 1.00 e. The largest absolute Gasteiger partial charge is 1.00 e. The molecule has 0 amide bonds. The van der Waals surface area contributed by atoms with E-state index >= 15 is 0 Å². The van der Waals surface area contributed by atoms with Crippen molar-refractivity contribution in [3.8, 4) is 0 Å². The van der Waals surface area contributed by atoms with Crippen molar-refractivity contribution >= 4 is 0 Å². The molecule has 1 rings (SSSR count). The zero-order valence-electron chi connectivity index (χ0n) is 8.30. The summed E-state index contributed by atoms with van der Waals surface area (Å²) in [6, 6.07) is 10.5. The Morgan fingerprint density at radius 2 is 1.67 bits per heavy atom. The summed E-state index contributed by atoms with van der Waals surface area (Å²) in [5.41, 5.74) is 1.52. The first-order valence-corrected chi connectivity index (χ1v) is 3.97. The maximum absolute atomic E-state index is 4.07. The van der Waals surface area contributed by atoms with Gasteiger partial charge < -0.3 is 6.92 Å². The molecule has 0 spiro atoms. The van der Waals surface area contributed by atoms with Crippen molar-refractivity contribution in [2.24, 2.45) is 5.41 Å². The Balaban J connectivity index is 0.00000121. The van der Waals surface area contributed by atoms with Crippen LogP contribution in [0.3, 0.4) is 0 Å². The first kappa shape index (κ1) is 11.8. The summed E-state index contributed by atoms with van der Waals surface area (Å²) >= 11 is 0. The average molecular weight is 154 g/mol. The van der Waals surface area contributed by atoms with E-state index in [2.05, 4.69) is 45.0 Å². The van der Waals surface area contributed by atoms with Gasteiger partial charge in [-0.2, -0.15) is 5.41 Å². The molecule has 1 heteroatoms. The van der Waals surface area contributed by atoms with Crippen LogP contribution in [-0.4, -0.2) is 0 Å². The van der Waals surface area contributed by atoms with Crippen molar-refractivity contribution in [2.45, 2.75) is 20.3 Å². The molecule has 1 aromatic carbocycles. The predicted octanol–water partition coefficient (Wildman–Crippen LogP) is 0.0934. The van der Waals surface area contributed by atoms with Crippen LogP contribution in [-0.2, 0) is 6.42 Å². The molecule has 0 atom stereocenters. The first-order valence-electron chi connectivity index (χ1n) is 3.97. The fourth-order valence-electron chi connectivity index (χ4n) is 1.15. The molecule has 0 nitrogen and oxygen atoms in total. The molecule has 0 fully saturated rings. The Morgan fingerprint density at radius 1 is 1.17 bits per heavy atom. The molecule has 0 bridgehead atoms. The third kappa shape index (κ3) is 4.65. The van der Waals surface area contributed by atoms with Gasteiger partial charge in [-0.1, -0.05) is 56.2 Å². The van der Waals surface area contributed by atoms with Crippen LogP contribution in [0.2, 0.25) is 0 Å². The van der Waals surface area contributed by atoms with E-state index in [1.807, 2.05) is 6.07 Å². The van der Waals surface area contributed by atoms with Gasteiger partial charge >= 0.3 is 18.9 Å². The average Bonchev–Trinajstić information content (AvgIpc) is 1.85. The molecule has 60 valence electrons. The van der Waals surface area contributed by atoms with Crippen LogP contribution in [0.5, 0.6) is 0 Å². The van der Waals surface area contributed by atoms with Crippen molar-refractivity contribution < 1.29 is 18.9 Å². The zero-order valence-corrected chi connectivity index (χ0v) is 8.30. The molecule has 0 N–H and O–H groups in total. The van der Waals surface area contributed by atoms with E-state index < -0.39 is 0 Å². The van der Waals surface area contributed by atoms with Gasteiger partial charge in [0.15, 0.2) is 0 Å². The quantitative estimate of drug-likeness (QED) is 0.418. The summed E-state index contributed by atoms with van der Waals surface area (Å²) < 4.78 is 0. The molecule has 0 aromatic heterocycles. The van der Waals surface area contributed by atoms with Gasteiger partial charge in [0.2, 0.25) is 0 Å². The minimum absolute atomic E-state index is 0. The second-order valence-corrected chi connectivity index (χ2v) is 3.83. The van der Waals surface area contributed by atoms with Crippen LogP contribution in [0.15, 0.2) is 30.3 Å². The molecular formula is C11H15Li. The van der Waals surface area contributed by atoms with Gasteiger partial charge in [0.25, 0.3) is 0 Å².